The van der Waals surface area contributed by atoms with Gasteiger partial charge in [0.15, 0.2) is 0 Å². The Morgan fingerprint density at radius 1 is 1.33 bits per heavy atom. The standard InChI is InChI=1S/C10H16N2O2S/c1-9-5-3-4-6-10(9)15(13,14)12(2)8-7-11/h3-6H,7-8,11H2,1-2H3. The van der Waals surface area contributed by atoms with E-state index in [1.165, 1.54) is 11.4 Å². The first-order valence-electron chi connectivity index (χ1n) is 4.72. The molecule has 5 heteroatoms. The van der Waals surface area contributed by atoms with E-state index >= 15 is 0 Å². The maximum Gasteiger partial charge on any atom is 0.243 e. The summed E-state index contributed by atoms with van der Waals surface area (Å²) in [5.41, 5.74) is 6.09. The smallest absolute Gasteiger partial charge is 0.243 e. The minimum Gasteiger partial charge on any atom is -0.329 e. The number of hydrogen-bond donors (Lipinski definition) is 1. The normalized spacial score (nSPS) is 12.0. The summed E-state index contributed by atoms with van der Waals surface area (Å²) in [6, 6.07) is 6.92. The van der Waals surface area contributed by atoms with Crippen molar-refractivity contribution in [1.29, 1.82) is 0 Å². The van der Waals surface area contributed by atoms with Crippen molar-refractivity contribution in [3.63, 3.8) is 0 Å². The average Bonchev–Trinajstić information content (AvgIpc) is 2.18. The first-order chi connectivity index (χ1) is 7.00. The highest BCUT2D eigenvalue weighted by Crippen LogP contribution is 2.17. The van der Waals surface area contributed by atoms with Gasteiger partial charge in [0.25, 0.3) is 0 Å². The molecule has 0 saturated heterocycles. The van der Waals surface area contributed by atoms with Crippen LogP contribution < -0.4 is 5.73 Å². The molecule has 0 amide bonds. The number of aryl methyl sites for hydroxylation is 1. The second-order valence-corrected chi connectivity index (χ2v) is 5.39. The summed E-state index contributed by atoms with van der Waals surface area (Å²) in [7, 11) is -1.84. The molecular formula is C10H16N2O2S. The van der Waals surface area contributed by atoms with E-state index in [0.717, 1.165) is 5.56 Å². The van der Waals surface area contributed by atoms with Crippen molar-refractivity contribution in [3.8, 4) is 0 Å². The molecule has 1 rings (SSSR count). The Labute approximate surface area is 90.8 Å². The highest BCUT2D eigenvalue weighted by molar-refractivity contribution is 7.89. The Hall–Kier alpha value is -0.910. The van der Waals surface area contributed by atoms with Crippen molar-refractivity contribution in [2.24, 2.45) is 5.73 Å². The fraction of sp³-hybridized carbons (Fsp3) is 0.400. The lowest BCUT2D eigenvalue weighted by Crippen LogP contribution is -2.32. The molecule has 1 aromatic rings. The van der Waals surface area contributed by atoms with Crippen molar-refractivity contribution in [1.82, 2.24) is 4.31 Å². The molecule has 4 nitrogen and oxygen atoms in total. The summed E-state index contributed by atoms with van der Waals surface area (Å²) in [4.78, 5) is 0.348. The maximum atomic E-state index is 12.0. The first-order valence-corrected chi connectivity index (χ1v) is 6.16. The third-order valence-electron chi connectivity index (χ3n) is 2.23. The van der Waals surface area contributed by atoms with Crippen molar-refractivity contribution in [2.75, 3.05) is 20.1 Å². The molecule has 0 aliphatic carbocycles. The molecule has 0 bridgehead atoms. The van der Waals surface area contributed by atoms with Gasteiger partial charge < -0.3 is 5.73 Å². The minimum absolute atomic E-state index is 0.321. The van der Waals surface area contributed by atoms with Gasteiger partial charge in [-0.05, 0) is 18.6 Å². The Morgan fingerprint density at radius 3 is 2.47 bits per heavy atom. The van der Waals surface area contributed by atoms with E-state index in [2.05, 4.69) is 0 Å². The summed E-state index contributed by atoms with van der Waals surface area (Å²) in [6.07, 6.45) is 0. The second kappa shape index (κ2) is 4.74. The van der Waals surface area contributed by atoms with Crippen LogP contribution >= 0.6 is 0 Å². The number of hydrogen-bond acceptors (Lipinski definition) is 3. The van der Waals surface area contributed by atoms with E-state index in [9.17, 15) is 8.42 Å². The van der Waals surface area contributed by atoms with Gasteiger partial charge in [-0.2, -0.15) is 4.31 Å². The number of sulfonamides is 1. The minimum atomic E-state index is -3.38. The quantitative estimate of drug-likeness (QED) is 0.819. The Morgan fingerprint density at radius 2 is 1.93 bits per heavy atom. The Bertz CT molecular complexity index is 429. The predicted octanol–water partition coefficient (Wildman–Crippen LogP) is 0.574. The highest BCUT2D eigenvalue weighted by Gasteiger charge is 2.21. The maximum absolute atomic E-state index is 12.0. The van der Waals surface area contributed by atoms with Crippen LogP contribution in [0.1, 0.15) is 5.56 Å². The van der Waals surface area contributed by atoms with E-state index in [1.807, 2.05) is 6.07 Å². The summed E-state index contributed by atoms with van der Waals surface area (Å²) in [6.45, 7) is 2.43. The summed E-state index contributed by atoms with van der Waals surface area (Å²) in [5, 5.41) is 0. The number of likely N-dealkylation sites (N-methyl/N-ethyl adjacent to an activating group) is 1. The zero-order valence-corrected chi connectivity index (χ0v) is 9.79. The van der Waals surface area contributed by atoms with Gasteiger partial charge in [0, 0.05) is 20.1 Å². The van der Waals surface area contributed by atoms with Gasteiger partial charge in [-0.25, -0.2) is 8.42 Å². The van der Waals surface area contributed by atoms with Gasteiger partial charge in [0.05, 0.1) is 4.90 Å². The molecule has 0 aliphatic rings. The number of benzene rings is 1. The molecule has 0 spiro atoms. The van der Waals surface area contributed by atoms with E-state index in [4.69, 9.17) is 5.73 Å². The van der Waals surface area contributed by atoms with Crippen LogP contribution in [0.25, 0.3) is 0 Å². The first kappa shape index (κ1) is 12.2. The molecule has 0 atom stereocenters. The lowest BCUT2D eigenvalue weighted by molar-refractivity contribution is 0.476. The van der Waals surface area contributed by atoms with Gasteiger partial charge >= 0.3 is 0 Å². The van der Waals surface area contributed by atoms with E-state index < -0.39 is 10.0 Å². The van der Waals surface area contributed by atoms with Crippen LogP contribution in [0.2, 0.25) is 0 Å². The largest absolute Gasteiger partial charge is 0.329 e. The lowest BCUT2D eigenvalue weighted by atomic mass is 10.2. The average molecular weight is 228 g/mol. The van der Waals surface area contributed by atoms with Crippen molar-refractivity contribution < 1.29 is 8.42 Å². The van der Waals surface area contributed by atoms with Gasteiger partial charge in [-0.3, -0.25) is 0 Å². The van der Waals surface area contributed by atoms with Gasteiger partial charge in [-0.15, -0.1) is 0 Å². The molecule has 0 radical (unpaired) electrons. The van der Waals surface area contributed by atoms with Gasteiger partial charge in [0.1, 0.15) is 0 Å². The molecular weight excluding hydrogens is 212 g/mol. The number of rotatable bonds is 4. The Balaban J connectivity index is 3.12. The van der Waals surface area contributed by atoms with E-state index in [1.54, 1.807) is 25.1 Å². The van der Waals surface area contributed by atoms with Crippen molar-refractivity contribution in [2.45, 2.75) is 11.8 Å². The number of nitrogens with zero attached hydrogens (tertiary/aromatic N) is 1. The predicted molar refractivity (Wildman–Crippen MR) is 60.0 cm³/mol. The molecule has 0 fully saturated rings. The molecule has 0 unspecified atom stereocenters. The molecule has 84 valence electrons. The van der Waals surface area contributed by atoms with Crippen LogP contribution in [-0.2, 0) is 10.0 Å². The zero-order chi connectivity index (χ0) is 11.5. The fourth-order valence-electron chi connectivity index (χ4n) is 1.32. The zero-order valence-electron chi connectivity index (χ0n) is 8.97. The summed E-state index contributed by atoms with van der Waals surface area (Å²) < 4.78 is 25.3. The fourth-order valence-corrected chi connectivity index (χ4v) is 2.72. The monoisotopic (exact) mass is 228 g/mol. The van der Waals surface area contributed by atoms with Crippen LogP contribution in [0, 0.1) is 6.92 Å². The number of nitrogens with two attached hydrogens (primary N) is 1. The molecule has 15 heavy (non-hydrogen) atoms. The molecule has 0 heterocycles. The highest BCUT2D eigenvalue weighted by atomic mass is 32.2. The third-order valence-corrected chi connectivity index (χ3v) is 4.24. The summed E-state index contributed by atoms with van der Waals surface area (Å²) in [5.74, 6) is 0. The molecule has 0 saturated carbocycles. The summed E-state index contributed by atoms with van der Waals surface area (Å²) >= 11 is 0. The molecule has 0 aliphatic heterocycles. The lowest BCUT2D eigenvalue weighted by Gasteiger charge is -2.17. The van der Waals surface area contributed by atoms with Crippen LogP contribution in [-0.4, -0.2) is 32.9 Å². The van der Waals surface area contributed by atoms with Crippen molar-refractivity contribution in [3.05, 3.63) is 29.8 Å². The van der Waals surface area contributed by atoms with Gasteiger partial charge in [0.2, 0.25) is 10.0 Å². The van der Waals surface area contributed by atoms with Crippen LogP contribution in [0.3, 0.4) is 0 Å². The van der Waals surface area contributed by atoms with Crippen LogP contribution in [0.4, 0.5) is 0 Å². The topological polar surface area (TPSA) is 63.4 Å². The molecule has 1 aromatic carbocycles. The third kappa shape index (κ3) is 2.56. The van der Waals surface area contributed by atoms with E-state index in [-0.39, 0.29) is 0 Å². The van der Waals surface area contributed by atoms with Crippen LogP contribution in [0.15, 0.2) is 29.2 Å². The van der Waals surface area contributed by atoms with E-state index in [0.29, 0.717) is 18.0 Å². The van der Waals surface area contributed by atoms with Crippen molar-refractivity contribution >= 4 is 10.0 Å². The molecule has 0 aromatic heterocycles. The molecule has 2 N–H and O–H groups in total. The second-order valence-electron chi connectivity index (χ2n) is 3.38. The van der Waals surface area contributed by atoms with Crippen LogP contribution in [0.5, 0.6) is 0 Å². The SMILES string of the molecule is Cc1ccccc1S(=O)(=O)N(C)CCN. The van der Waals surface area contributed by atoms with Gasteiger partial charge in [-0.1, -0.05) is 18.2 Å². The Kier molecular flexibility index (Phi) is 3.84.